The molecule has 0 saturated carbocycles. The Balaban J connectivity index is 1.22. The quantitative estimate of drug-likeness (QED) is 0.418. The molecule has 1 aromatic heterocycles. The summed E-state index contributed by atoms with van der Waals surface area (Å²) in [5, 5.41) is 6.59. The number of halogens is 1. The van der Waals surface area contributed by atoms with Gasteiger partial charge in [0.2, 0.25) is 11.8 Å². The maximum atomic E-state index is 13.4. The molecule has 38 heavy (non-hydrogen) atoms. The lowest BCUT2D eigenvalue weighted by atomic mass is 10.1. The largest absolute Gasteiger partial charge is 0.467 e. The van der Waals surface area contributed by atoms with Gasteiger partial charge in [-0.1, -0.05) is 53.7 Å². The molecule has 1 atom stereocenters. The highest BCUT2D eigenvalue weighted by atomic mass is 35.5. The van der Waals surface area contributed by atoms with Crippen LogP contribution in [0, 0.1) is 0 Å². The Morgan fingerprint density at radius 1 is 1.00 bits per heavy atom. The molecule has 0 radical (unpaired) electrons. The van der Waals surface area contributed by atoms with E-state index in [-0.39, 0.29) is 42.9 Å². The van der Waals surface area contributed by atoms with Crippen molar-refractivity contribution in [1.29, 1.82) is 0 Å². The molecule has 0 bridgehead atoms. The number of hydrogen-bond acceptors (Lipinski definition) is 7. The number of nitrogens with one attached hydrogen (secondary N) is 2. The van der Waals surface area contributed by atoms with Crippen LogP contribution in [-0.2, 0) is 27.5 Å². The van der Waals surface area contributed by atoms with Crippen LogP contribution in [0.2, 0.25) is 5.02 Å². The minimum absolute atomic E-state index is 0.0579. The zero-order valence-corrected chi connectivity index (χ0v) is 21.8. The van der Waals surface area contributed by atoms with Crippen molar-refractivity contribution in [1.82, 2.24) is 15.5 Å². The van der Waals surface area contributed by atoms with E-state index in [0.717, 1.165) is 22.9 Å². The minimum atomic E-state index is -0.717. The molecular weight excluding hydrogens is 526 g/mol. The molecule has 0 spiro atoms. The predicted molar refractivity (Wildman–Crippen MR) is 146 cm³/mol. The average Bonchev–Trinajstić information content (AvgIpc) is 3.57. The first kappa shape index (κ1) is 25.7. The van der Waals surface area contributed by atoms with Gasteiger partial charge in [-0.15, -0.1) is 0 Å². The molecule has 3 amide bonds. The summed E-state index contributed by atoms with van der Waals surface area (Å²) in [6.45, 7) is 0.582. The Hall–Kier alpha value is -3.89. The third-order valence-electron chi connectivity index (χ3n) is 6.00. The highest BCUT2D eigenvalue weighted by Crippen LogP contribution is 2.34. The lowest BCUT2D eigenvalue weighted by molar-refractivity contribution is -0.125. The normalized spacial score (nSPS) is 15.9. The Bertz CT molecular complexity index is 1420. The molecular formula is C27H24ClN5O4S. The number of carbonyl (C=O) groups excluding carboxylic acids is 3. The number of nitrogens with zero attached hydrogens (tertiary/aromatic N) is 3. The first-order chi connectivity index (χ1) is 18.5. The summed E-state index contributed by atoms with van der Waals surface area (Å²) >= 11 is 7.33. The Kier molecular flexibility index (Phi) is 7.90. The van der Waals surface area contributed by atoms with Gasteiger partial charge in [-0.25, -0.2) is 9.89 Å². The van der Waals surface area contributed by atoms with E-state index < -0.39 is 6.04 Å². The summed E-state index contributed by atoms with van der Waals surface area (Å²) in [5.74, 6) is 0.516. The van der Waals surface area contributed by atoms with E-state index in [2.05, 4.69) is 20.6 Å². The number of benzene rings is 2. The molecule has 9 nitrogen and oxygen atoms in total. The lowest BCUT2D eigenvalue weighted by Gasteiger charge is -2.25. The molecule has 3 aromatic rings. The van der Waals surface area contributed by atoms with Gasteiger partial charge in [0, 0.05) is 23.6 Å². The molecule has 0 aliphatic carbocycles. The van der Waals surface area contributed by atoms with Gasteiger partial charge in [0.05, 0.1) is 24.2 Å². The molecule has 0 fully saturated rings. The Morgan fingerprint density at radius 2 is 1.79 bits per heavy atom. The fraction of sp³-hybridized carbons (Fsp3) is 0.222. The standard InChI is InChI=1S/C27H24ClN5O4S/c28-20-9-3-1-6-17(20)14-29-24(35)16-38-27-32-21-10-4-2-8-19(21)25-31-22(26(36)33(25)27)11-12-23(34)30-15-18-7-5-13-37-18/h1-10,13,22H,11-12,14-16H2,(H,29,35)(H,30,34)/t22-/m1/s1. The molecule has 2 aliphatic rings. The number of fused-ring (bicyclic) bond motifs is 3. The topological polar surface area (TPSA) is 116 Å². The van der Waals surface area contributed by atoms with Crippen molar-refractivity contribution < 1.29 is 18.8 Å². The van der Waals surface area contributed by atoms with Gasteiger partial charge in [0.25, 0.3) is 5.91 Å². The maximum absolute atomic E-state index is 13.4. The van der Waals surface area contributed by atoms with Crippen molar-refractivity contribution in [3.05, 3.63) is 88.8 Å². The number of rotatable bonds is 9. The van der Waals surface area contributed by atoms with Gasteiger partial charge in [-0.2, -0.15) is 0 Å². The van der Waals surface area contributed by atoms with Crippen LogP contribution in [0.3, 0.4) is 0 Å². The first-order valence-corrected chi connectivity index (χ1v) is 13.4. The summed E-state index contributed by atoms with van der Waals surface area (Å²) in [4.78, 5) is 49.0. The van der Waals surface area contributed by atoms with Gasteiger partial charge < -0.3 is 15.1 Å². The van der Waals surface area contributed by atoms with Crippen molar-refractivity contribution in [2.45, 2.75) is 32.0 Å². The monoisotopic (exact) mass is 549 g/mol. The summed E-state index contributed by atoms with van der Waals surface area (Å²) in [6.07, 6.45) is 1.93. The molecule has 0 saturated heterocycles. The van der Waals surface area contributed by atoms with Crippen LogP contribution in [0.15, 0.2) is 81.3 Å². The number of thioether (sulfide) groups is 1. The van der Waals surface area contributed by atoms with Crippen LogP contribution in [0.4, 0.5) is 5.69 Å². The van der Waals surface area contributed by atoms with Crippen molar-refractivity contribution in [2.75, 3.05) is 5.75 Å². The second-order valence-corrected chi connectivity index (χ2v) is 9.95. The second-order valence-electron chi connectivity index (χ2n) is 8.61. The van der Waals surface area contributed by atoms with Crippen molar-refractivity contribution in [2.24, 2.45) is 9.98 Å². The highest BCUT2D eigenvalue weighted by Gasteiger charge is 2.41. The van der Waals surface area contributed by atoms with E-state index in [0.29, 0.717) is 34.0 Å². The van der Waals surface area contributed by atoms with Gasteiger partial charge >= 0.3 is 0 Å². The number of hydrogen-bond donors (Lipinski definition) is 2. The fourth-order valence-electron chi connectivity index (χ4n) is 4.06. The number of furan rings is 1. The zero-order chi connectivity index (χ0) is 26.5. The first-order valence-electron chi connectivity index (χ1n) is 12.0. The van der Waals surface area contributed by atoms with Crippen LogP contribution >= 0.6 is 23.4 Å². The average molecular weight is 550 g/mol. The van der Waals surface area contributed by atoms with E-state index in [1.54, 1.807) is 24.5 Å². The van der Waals surface area contributed by atoms with Crippen LogP contribution in [0.5, 0.6) is 0 Å². The van der Waals surface area contributed by atoms with Gasteiger partial charge in [-0.05, 0) is 42.3 Å². The molecule has 2 N–H and O–H groups in total. The summed E-state index contributed by atoms with van der Waals surface area (Å²) < 4.78 is 5.22. The second kappa shape index (κ2) is 11.7. The van der Waals surface area contributed by atoms with Crippen LogP contribution in [-0.4, -0.2) is 45.4 Å². The van der Waals surface area contributed by atoms with Crippen LogP contribution in [0.1, 0.15) is 29.7 Å². The minimum Gasteiger partial charge on any atom is -0.467 e. The predicted octanol–water partition coefficient (Wildman–Crippen LogP) is 4.04. The molecule has 0 unspecified atom stereocenters. The summed E-state index contributed by atoms with van der Waals surface area (Å²) in [6, 6.07) is 17.5. The third-order valence-corrected chi connectivity index (χ3v) is 7.31. The summed E-state index contributed by atoms with van der Waals surface area (Å²) in [7, 11) is 0. The summed E-state index contributed by atoms with van der Waals surface area (Å²) in [5.41, 5.74) is 2.22. The third kappa shape index (κ3) is 5.81. The number of amides is 3. The Morgan fingerprint density at radius 3 is 2.61 bits per heavy atom. The van der Waals surface area contributed by atoms with E-state index in [9.17, 15) is 14.4 Å². The number of carbonyl (C=O) groups is 3. The molecule has 2 aliphatic heterocycles. The molecule has 11 heteroatoms. The van der Waals surface area contributed by atoms with Crippen LogP contribution in [0.25, 0.3) is 0 Å². The molecule has 5 rings (SSSR count). The van der Waals surface area contributed by atoms with Gasteiger partial charge in [0.15, 0.2) is 5.17 Å². The van der Waals surface area contributed by atoms with E-state index in [4.69, 9.17) is 16.0 Å². The van der Waals surface area contributed by atoms with Gasteiger partial charge in [0.1, 0.15) is 17.6 Å². The SMILES string of the molecule is O=C(CC[C@H]1N=C2c3ccccc3N=C(SCC(=O)NCc3ccccc3Cl)N2C1=O)NCc1ccco1. The number of aliphatic imine (C=N–C) groups is 2. The number of amidine groups is 2. The zero-order valence-electron chi connectivity index (χ0n) is 20.2. The number of para-hydroxylation sites is 1. The molecule has 3 heterocycles. The molecule has 2 aromatic carbocycles. The van der Waals surface area contributed by atoms with E-state index >= 15 is 0 Å². The lowest BCUT2D eigenvalue weighted by Crippen LogP contribution is -2.41. The van der Waals surface area contributed by atoms with E-state index in [1.807, 2.05) is 42.5 Å². The van der Waals surface area contributed by atoms with Crippen molar-refractivity contribution in [3.63, 3.8) is 0 Å². The molecule has 194 valence electrons. The highest BCUT2D eigenvalue weighted by molar-refractivity contribution is 8.14. The van der Waals surface area contributed by atoms with Crippen molar-refractivity contribution in [3.8, 4) is 0 Å². The van der Waals surface area contributed by atoms with E-state index in [1.165, 1.54) is 4.90 Å². The smallest absolute Gasteiger partial charge is 0.259 e. The maximum Gasteiger partial charge on any atom is 0.259 e. The van der Waals surface area contributed by atoms with Crippen molar-refractivity contribution >= 4 is 57.8 Å². The van der Waals surface area contributed by atoms with Gasteiger partial charge in [-0.3, -0.25) is 19.4 Å². The Labute approximate surface area is 228 Å². The fourth-order valence-corrected chi connectivity index (χ4v) is 5.09. The van der Waals surface area contributed by atoms with Crippen LogP contribution < -0.4 is 10.6 Å².